The van der Waals surface area contributed by atoms with Crippen LogP contribution in [0.5, 0.6) is 0 Å². The Morgan fingerprint density at radius 1 is 0.966 bits per heavy atom. The average molecular weight is 473 g/mol. The third kappa shape index (κ3) is 8.10. The van der Waals surface area contributed by atoms with E-state index in [0.717, 1.165) is 16.7 Å². The van der Waals surface area contributed by atoms with Gasteiger partial charge in [-0.05, 0) is 42.8 Å². The van der Waals surface area contributed by atoms with Crippen LogP contribution < -0.4 is 16.0 Å². The maximum atomic E-state index is 12.5. The van der Waals surface area contributed by atoms with E-state index in [1.807, 2.05) is 0 Å². The summed E-state index contributed by atoms with van der Waals surface area (Å²) in [6.07, 6.45) is -2.92. The number of aromatic nitrogens is 1. The first-order valence-corrected chi connectivity index (χ1v) is 9.62. The number of benzene rings is 1. The summed E-state index contributed by atoms with van der Waals surface area (Å²) >= 11 is 3.29. The fraction of sp³-hybridized carbons (Fsp3) is 0.316. The van der Waals surface area contributed by atoms with E-state index in [-0.39, 0.29) is 24.8 Å². The van der Waals surface area contributed by atoms with Gasteiger partial charge in [0.15, 0.2) is 0 Å². The van der Waals surface area contributed by atoms with Gasteiger partial charge in [0.1, 0.15) is 5.82 Å². The number of rotatable bonds is 9. The summed E-state index contributed by atoms with van der Waals surface area (Å²) in [6.45, 7) is 1.06. The third-order valence-corrected chi connectivity index (χ3v) is 4.35. The summed E-state index contributed by atoms with van der Waals surface area (Å²) in [5, 5.41) is 8.27. The lowest BCUT2D eigenvalue weighted by Gasteiger charge is -2.09. The van der Waals surface area contributed by atoms with Crippen LogP contribution >= 0.6 is 15.9 Å². The predicted molar refractivity (Wildman–Crippen MR) is 106 cm³/mol. The number of pyridine rings is 1. The summed E-state index contributed by atoms with van der Waals surface area (Å²) in [7, 11) is 0. The lowest BCUT2D eigenvalue weighted by molar-refractivity contribution is -0.137. The number of alkyl halides is 3. The molecule has 0 aliphatic rings. The number of anilines is 1. The smallest absolute Gasteiger partial charge is 0.370 e. The van der Waals surface area contributed by atoms with Gasteiger partial charge in [-0.25, -0.2) is 4.98 Å². The molecular weight excluding hydrogens is 453 g/mol. The third-order valence-electron chi connectivity index (χ3n) is 3.82. The Labute approximate surface area is 174 Å². The quantitative estimate of drug-likeness (QED) is 0.487. The first-order chi connectivity index (χ1) is 13.8. The van der Waals surface area contributed by atoms with Gasteiger partial charge in [-0.2, -0.15) is 13.2 Å². The summed E-state index contributed by atoms with van der Waals surface area (Å²) < 4.78 is 38.2. The number of carbonyl (C=O) groups is 2. The Balaban J connectivity index is 1.56. The zero-order chi connectivity index (χ0) is 21.3. The number of hydrogen-bond donors (Lipinski definition) is 3. The van der Waals surface area contributed by atoms with Gasteiger partial charge in [-0.1, -0.05) is 15.9 Å². The number of nitrogens with one attached hydrogen (secondary N) is 3. The van der Waals surface area contributed by atoms with Gasteiger partial charge >= 0.3 is 6.18 Å². The molecule has 10 heteroatoms. The van der Waals surface area contributed by atoms with Gasteiger partial charge in [0.05, 0.1) is 5.56 Å². The topological polar surface area (TPSA) is 83.1 Å². The molecule has 0 aliphatic heterocycles. The lowest BCUT2D eigenvalue weighted by atomic mass is 10.2. The van der Waals surface area contributed by atoms with Crippen molar-refractivity contribution in [1.82, 2.24) is 15.6 Å². The van der Waals surface area contributed by atoms with Gasteiger partial charge in [0, 0.05) is 42.3 Å². The summed E-state index contributed by atoms with van der Waals surface area (Å²) in [5.74, 6) is -0.118. The minimum absolute atomic E-state index is 0.149. The summed E-state index contributed by atoms with van der Waals surface area (Å²) in [6, 6.07) is 9.09. The number of halogens is 4. The van der Waals surface area contributed by atoms with E-state index in [4.69, 9.17) is 0 Å². The summed E-state index contributed by atoms with van der Waals surface area (Å²) in [5.41, 5.74) is -0.293. The van der Waals surface area contributed by atoms with Crippen molar-refractivity contribution in [2.75, 3.05) is 25.0 Å². The standard InChI is InChI=1S/C19H20BrF3N4O2/c20-15-5-2-13(3-6-15)18(29)26-11-8-17(28)25-10-1-9-24-16-7-4-14(12-27-16)19(21,22)23/h2-7,12H,1,8-11H2,(H,24,27)(H,25,28)(H,26,29). The van der Waals surface area contributed by atoms with Gasteiger partial charge in [0.25, 0.3) is 5.91 Å². The SMILES string of the molecule is O=C(CCNC(=O)c1ccc(Br)cc1)NCCCNc1ccc(C(F)(F)F)cn1. The highest BCUT2D eigenvalue weighted by atomic mass is 79.9. The number of hydrogen-bond acceptors (Lipinski definition) is 4. The van der Waals surface area contributed by atoms with Crippen molar-refractivity contribution < 1.29 is 22.8 Å². The van der Waals surface area contributed by atoms with Gasteiger partial charge in [-0.15, -0.1) is 0 Å². The fourth-order valence-electron chi connectivity index (χ4n) is 2.28. The van der Waals surface area contributed by atoms with Crippen LogP contribution in [0.15, 0.2) is 47.1 Å². The predicted octanol–water partition coefficient (Wildman–Crippen LogP) is 3.60. The van der Waals surface area contributed by atoms with E-state index in [1.165, 1.54) is 6.07 Å². The fourth-order valence-corrected chi connectivity index (χ4v) is 2.54. The molecule has 0 bridgehead atoms. The second kappa shape index (κ2) is 10.8. The molecule has 3 N–H and O–H groups in total. The Kier molecular flexibility index (Phi) is 8.44. The van der Waals surface area contributed by atoms with Crippen molar-refractivity contribution >= 4 is 33.6 Å². The largest absolute Gasteiger partial charge is 0.417 e. The van der Waals surface area contributed by atoms with Crippen LogP contribution in [0.25, 0.3) is 0 Å². The molecule has 2 rings (SSSR count). The molecule has 0 saturated carbocycles. The van der Waals surface area contributed by atoms with E-state index >= 15 is 0 Å². The highest BCUT2D eigenvalue weighted by molar-refractivity contribution is 9.10. The molecular formula is C19H20BrF3N4O2. The van der Waals surface area contributed by atoms with Gasteiger partial charge < -0.3 is 16.0 Å². The van der Waals surface area contributed by atoms with Gasteiger partial charge in [-0.3, -0.25) is 9.59 Å². The van der Waals surface area contributed by atoms with E-state index in [2.05, 4.69) is 36.9 Å². The van der Waals surface area contributed by atoms with Crippen LogP contribution in [-0.2, 0) is 11.0 Å². The van der Waals surface area contributed by atoms with Crippen LogP contribution in [0.3, 0.4) is 0 Å². The number of carbonyl (C=O) groups excluding carboxylic acids is 2. The van der Waals surface area contributed by atoms with Crippen molar-refractivity contribution in [3.8, 4) is 0 Å². The van der Waals surface area contributed by atoms with Crippen LogP contribution in [0.1, 0.15) is 28.8 Å². The van der Waals surface area contributed by atoms with E-state index in [0.29, 0.717) is 30.9 Å². The van der Waals surface area contributed by atoms with Crippen molar-refractivity contribution in [3.63, 3.8) is 0 Å². The molecule has 1 aromatic heterocycles. The van der Waals surface area contributed by atoms with Crippen LogP contribution in [0.2, 0.25) is 0 Å². The van der Waals surface area contributed by atoms with Crippen LogP contribution in [-0.4, -0.2) is 36.4 Å². The van der Waals surface area contributed by atoms with Crippen LogP contribution in [0.4, 0.5) is 19.0 Å². The molecule has 0 atom stereocenters. The van der Waals surface area contributed by atoms with Crippen LogP contribution in [0, 0.1) is 0 Å². The molecule has 1 aromatic carbocycles. The molecule has 0 spiro atoms. The molecule has 0 aliphatic carbocycles. The second-order valence-corrected chi connectivity index (χ2v) is 6.99. The molecule has 0 saturated heterocycles. The molecule has 2 amide bonds. The molecule has 1 heterocycles. The molecule has 2 aromatic rings. The highest BCUT2D eigenvalue weighted by Gasteiger charge is 2.30. The van der Waals surface area contributed by atoms with Crippen molar-refractivity contribution in [3.05, 3.63) is 58.2 Å². The monoisotopic (exact) mass is 472 g/mol. The Bertz CT molecular complexity index is 812. The number of amides is 2. The second-order valence-electron chi connectivity index (χ2n) is 6.07. The molecule has 0 unspecified atom stereocenters. The maximum Gasteiger partial charge on any atom is 0.417 e. The van der Waals surface area contributed by atoms with Crippen molar-refractivity contribution in [2.24, 2.45) is 0 Å². The first-order valence-electron chi connectivity index (χ1n) is 8.83. The maximum absolute atomic E-state index is 12.5. The molecule has 0 fully saturated rings. The zero-order valence-corrected chi connectivity index (χ0v) is 16.9. The summed E-state index contributed by atoms with van der Waals surface area (Å²) in [4.78, 5) is 27.4. The highest BCUT2D eigenvalue weighted by Crippen LogP contribution is 2.28. The Morgan fingerprint density at radius 3 is 2.31 bits per heavy atom. The van der Waals surface area contributed by atoms with Gasteiger partial charge in [0.2, 0.25) is 5.91 Å². The van der Waals surface area contributed by atoms with E-state index < -0.39 is 11.7 Å². The average Bonchev–Trinajstić information content (AvgIpc) is 2.68. The zero-order valence-electron chi connectivity index (χ0n) is 15.4. The molecule has 156 valence electrons. The molecule has 6 nitrogen and oxygen atoms in total. The van der Waals surface area contributed by atoms with E-state index in [9.17, 15) is 22.8 Å². The van der Waals surface area contributed by atoms with Crippen molar-refractivity contribution in [1.29, 1.82) is 0 Å². The Morgan fingerprint density at radius 2 is 1.69 bits per heavy atom. The minimum Gasteiger partial charge on any atom is -0.370 e. The minimum atomic E-state index is -4.41. The van der Waals surface area contributed by atoms with E-state index in [1.54, 1.807) is 24.3 Å². The molecule has 29 heavy (non-hydrogen) atoms. The first kappa shape index (κ1) is 22.7. The van der Waals surface area contributed by atoms with Crippen molar-refractivity contribution in [2.45, 2.75) is 19.0 Å². The molecule has 0 radical (unpaired) electrons. The normalized spacial score (nSPS) is 11.0. The Hall–Kier alpha value is -2.62. The number of nitrogens with zero attached hydrogens (tertiary/aromatic N) is 1. The lowest BCUT2D eigenvalue weighted by Crippen LogP contribution is -2.31.